The van der Waals surface area contributed by atoms with Crippen LogP contribution in [0.1, 0.15) is 34.6 Å². The van der Waals surface area contributed by atoms with Gasteiger partial charge in [-0.2, -0.15) is 0 Å². The molecule has 0 unspecified atom stereocenters. The summed E-state index contributed by atoms with van der Waals surface area (Å²) < 4.78 is 7.15. The lowest BCUT2D eigenvalue weighted by Gasteiger charge is -2.09. The molecule has 7 heteroatoms. The van der Waals surface area contributed by atoms with E-state index in [1.165, 1.54) is 11.3 Å². The van der Waals surface area contributed by atoms with E-state index in [-0.39, 0.29) is 5.91 Å². The van der Waals surface area contributed by atoms with E-state index >= 15 is 0 Å². The molecule has 112 valence electrons. The van der Waals surface area contributed by atoms with Crippen molar-refractivity contribution in [2.24, 2.45) is 0 Å². The molecule has 3 heterocycles. The fourth-order valence-corrected chi connectivity index (χ4v) is 3.38. The van der Waals surface area contributed by atoms with Gasteiger partial charge in [0.15, 0.2) is 5.13 Å². The highest BCUT2D eigenvalue weighted by atomic mass is 32.1. The summed E-state index contributed by atoms with van der Waals surface area (Å²) in [6.45, 7) is 0. The molecular weight excluding hydrogens is 300 g/mol. The van der Waals surface area contributed by atoms with Crippen LogP contribution in [0.2, 0.25) is 0 Å². The van der Waals surface area contributed by atoms with Gasteiger partial charge < -0.3 is 9.09 Å². The van der Waals surface area contributed by atoms with Crippen LogP contribution in [-0.4, -0.2) is 20.6 Å². The van der Waals surface area contributed by atoms with Gasteiger partial charge in [-0.3, -0.25) is 10.1 Å². The number of nitrogens with one attached hydrogen (secondary N) is 1. The molecule has 0 spiro atoms. The lowest BCUT2D eigenvalue weighted by atomic mass is 9.98. The van der Waals surface area contributed by atoms with E-state index in [0.717, 1.165) is 42.1 Å². The first kappa shape index (κ1) is 13.3. The molecule has 0 saturated carbocycles. The molecule has 6 nitrogen and oxygen atoms in total. The second-order valence-electron chi connectivity index (χ2n) is 5.20. The molecule has 3 aromatic rings. The molecule has 0 bridgehead atoms. The molecule has 1 N–H and O–H groups in total. The number of hydrogen-bond donors (Lipinski definition) is 1. The third-order valence-corrected chi connectivity index (χ3v) is 4.59. The number of carbonyl (C=O) groups is 1. The summed E-state index contributed by atoms with van der Waals surface area (Å²) in [4.78, 5) is 16.7. The second kappa shape index (κ2) is 5.42. The summed E-state index contributed by atoms with van der Waals surface area (Å²) in [5.41, 5.74) is 2.38. The Hall–Kier alpha value is -2.41. The van der Waals surface area contributed by atoms with Crippen molar-refractivity contribution >= 4 is 23.1 Å². The van der Waals surface area contributed by atoms with Crippen LogP contribution in [0.4, 0.5) is 5.88 Å². The third kappa shape index (κ3) is 2.33. The van der Waals surface area contributed by atoms with Crippen LogP contribution >= 0.6 is 11.3 Å². The molecule has 0 atom stereocenters. The number of thiazole rings is 1. The van der Waals surface area contributed by atoms with Crippen LogP contribution in [0.3, 0.4) is 0 Å². The van der Waals surface area contributed by atoms with E-state index in [9.17, 15) is 4.79 Å². The van der Waals surface area contributed by atoms with Crippen molar-refractivity contribution in [3.8, 4) is 5.13 Å². The largest absolute Gasteiger partial charge is 0.338 e. The Kier molecular flexibility index (Phi) is 3.27. The van der Waals surface area contributed by atoms with Crippen LogP contribution in [-0.2, 0) is 12.8 Å². The summed E-state index contributed by atoms with van der Waals surface area (Å²) in [6, 6.07) is 3.84. The average molecular weight is 314 g/mol. The Balaban J connectivity index is 1.54. The van der Waals surface area contributed by atoms with E-state index in [4.69, 9.17) is 4.52 Å². The Morgan fingerprint density at radius 2 is 2.09 bits per heavy atom. The van der Waals surface area contributed by atoms with E-state index in [1.807, 2.05) is 29.1 Å². The quantitative estimate of drug-likeness (QED) is 0.806. The van der Waals surface area contributed by atoms with E-state index in [0.29, 0.717) is 11.6 Å². The fourth-order valence-electron chi connectivity index (χ4n) is 2.61. The first-order valence-electron chi connectivity index (χ1n) is 7.19. The van der Waals surface area contributed by atoms with Gasteiger partial charge in [-0.1, -0.05) is 5.16 Å². The van der Waals surface area contributed by atoms with Crippen LogP contribution in [0.25, 0.3) is 5.13 Å². The Labute approximate surface area is 130 Å². The molecule has 3 aromatic heterocycles. The van der Waals surface area contributed by atoms with Crippen molar-refractivity contribution in [1.82, 2.24) is 14.7 Å². The molecule has 4 rings (SSSR count). The highest BCUT2D eigenvalue weighted by Crippen LogP contribution is 2.28. The number of hydrogen-bond acceptors (Lipinski definition) is 5. The molecule has 0 fully saturated rings. The van der Waals surface area contributed by atoms with Crippen LogP contribution in [0, 0.1) is 0 Å². The van der Waals surface area contributed by atoms with Gasteiger partial charge in [0.1, 0.15) is 5.69 Å². The standard InChI is InChI=1S/C15H14N4O2S/c20-13(12-9-22-15(16-12)19-7-3-4-8-19)17-14-10-5-1-2-6-11(10)18-21-14/h3-4,7-9H,1-2,5-6H2,(H,17,20). The minimum atomic E-state index is -0.265. The van der Waals surface area contributed by atoms with Crippen molar-refractivity contribution in [2.45, 2.75) is 25.7 Å². The number of nitrogens with zero attached hydrogens (tertiary/aromatic N) is 3. The maximum Gasteiger partial charge on any atom is 0.277 e. The molecule has 0 aromatic carbocycles. The minimum Gasteiger partial charge on any atom is -0.338 e. The normalized spacial score (nSPS) is 13.8. The highest BCUT2D eigenvalue weighted by Gasteiger charge is 2.22. The zero-order valence-corrected chi connectivity index (χ0v) is 12.6. The molecule has 0 saturated heterocycles. The monoisotopic (exact) mass is 314 g/mol. The SMILES string of the molecule is O=C(Nc1onc2c1CCCC2)c1csc(-n2cccc2)n1. The molecule has 1 aliphatic carbocycles. The summed E-state index contributed by atoms with van der Waals surface area (Å²) >= 11 is 1.42. The predicted octanol–water partition coefficient (Wildman–Crippen LogP) is 3.05. The molecular formula is C15H14N4O2S. The maximum atomic E-state index is 12.3. The molecule has 0 aliphatic heterocycles. The van der Waals surface area contributed by atoms with Gasteiger partial charge in [-0.15, -0.1) is 11.3 Å². The zero-order valence-electron chi connectivity index (χ0n) is 11.8. The maximum absolute atomic E-state index is 12.3. The molecule has 22 heavy (non-hydrogen) atoms. The zero-order chi connectivity index (χ0) is 14.9. The number of fused-ring (bicyclic) bond motifs is 1. The fraction of sp³-hybridized carbons (Fsp3) is 0.267. The van der Waals surface area contributed by atoms with Crippen molar-refractivity contribution in [3.05, 3.63) is 46.9 Å². The van der Waals surface area contributed by atoms with E-state index < -0.39 is 0 Å². The first-order valence-corrected chi connectivity index (χ1v) is 8.07. The summed E-state index contributed by atoms with van der Waals surface area (Å²) in [5, 5.41) is 9.33. The van der Waals surface area contributed by atoms with Gasteiger partial charge >= 0.3 is 0 Å². The molecule has 1 aliphatic rings. The first-order chi connectivity index (χ1) is 10.8. The number of amides is 1. The van der Waals surface area contributed by atoms with Gasteiger partial charge in [-0.25, -0.2) is 4.98 Å². The summed E-state index contributed by atoms with van der Waals surface area (Å²) in [7, 11) is 0. The number of rotatable bonds is 3. The van der Waals surface area contributed by atoms with Crippen LogP contribution in [0.5, 0.6) is 0 Å². The van der Waals surface area contributed by atoms with Crippen molar-refractivity contribution in [1.29, 1.82) is 0 Å². The van der Waals surface area contributed by atoms with E-state index in [1.54, 1.807) is 5.38 Å². The Morgan fingerprint density at radius 1 is 1.27 bits per heavy atom. The lowest BCUT2D eigenvalue weighted by molar-refractivity contribution is 0.101. The number of carbonyl (C=O) groups excluding carboxylic acids is 1. The van der Waals surface area contributed by atoms with Gasteiger partial charge in [0.2, 0.25) is 5.88 Å². The van der Waals surface area contributed by atoms with Gasteiger partial charge in [0, 0.05) is 23.3 Å². The smallest absolute Gasteiger partial charge is 0.277 e. The van der Waals surface area contributed by atoms with Crippen molar-refractivity contribution in [3.63, 3.8) is 0 Å². The van der Waals surface area contributed by atoms with Gasteiger partial charge in [-0.05, 0) is 37.8 Å². The third-order valence-electron chi connectivity index (χ3n) is 3.74. The summed E-state index contributed by atoms with van der Waals surface area (Å²) in [6.07, 6.45) is 7.84. The molecule has 0 radical (unpaired) electrons. The second-order valence-corrected chi connectivity index (χ2v) is 6.04. The Bertz CT molecular complexity index is 803. The average Bonchev–Trinajstić information content (AvgIpc) is 3.28. The van der Waals surface area contributed by atoms with Gasteiger partial charge in [0.25, 0.3) is 5.91 Å². The number of anilines is 1. The van der Waals surface area contributed by atoms with Crippen molar-refractivity contribution < 1.29 is 9.32 Å². The topological polar surface area (TPSA) is 73.0 Å². The van der Waals surface area contributed by atoms with Crippen LogP contribution < -0.4 is 5.32 Å². The van der Waals surface area contributed by atoms with E-state index in [2.05, 4.69) is 15.5 Å². The van der Waals surface area contributed by atoms with Crippen LogP contribution in [0.15, 0.2) is 34.4 Å². The van der Waals surface area contributed by atoms with Gasteiger partial charge in [0.05, 0.1) is 5.69 Å². The lowest BCUT2D eigenvalue weighted by Crippen LogP contribution is -2.14. The highest BCUT2D eigenvalue weighted by molar-refractivity contribution is 7.12. The molecule has 1 amide bonds. The number of aromatic nitrogens is 3. The number of aryl methyl sites for hydroxylation is 1. The van der Waals surface area contributed by atoms with Crippen molar-refractivity contribution in [2.75, 3.05) is 5.32 Å². The predicted molar refractivity (Wildman–Crippen MR) is 82.5 cm³/mol. The summed E-state index contributed by atoms with van der Waals surface area (Å²) in [5.74, 6) is 0.203. The Morgan fingerprint density at radius 3 is 2.95 bits per heavy atom. The minimum absolute atomic E-state index is 0.265.